The predicted molar refractivity (Wildman–Crippen MR) is 87.8 cm³/mol. The Morgan fingerprint density at radius 3 is 2.73 bits per heavy atom. The van der Waals surface area contributed by atoms with Crippen molar-refractivity contribution in [1.82, 2.24) is 4.98 Å². The van der Waals surface area contributed by atoms with E-state index >= 15 is 0 Å². The number of hydrogen-bond acceptors (Lipinski definition) is 3. The van der Waals surface area contributed by atoms with Gasteiger partial charge in [-0.25, -0.2) is 12.8 Å². The van der Waals surface area contributed by atoms with E-state index in [0.29, 0.717) is 11.1 Å². The molecule has 1 heterocycles. The number of pyridine rings is 1. The molecule has 0 bridgehead atoms. The fourth-order valence-corrected chi connectivity index (χ4v) is 3.63. The first-order valence-electron chi connectivity index (χ1n) is 6.98. The van der Waals surface area contributed by atoms with Crippen molar-refractivity contribution < 1.29 is 12.8 Å². The van der Waals surface area contributed by atoms with Crippen LogP contribution in [0.5, 0.6) is 0 Å². The molecule has 0 saturated carbocycles. The molecule has 1 aromatic carbocycles. The lowest BCUT2D eigenvalue weighted by Crippen LogP contribution is -2.07. The van der Waals surface area contributed by atoms with Gasteiger partial charge in [0, 0.05) is 11.6 Å². The quantitative estimate of drug-likeness (QED) is 0.784. The minimum absolute atomic E-state index is 0.116. The van der Waals surface area contributed by atoms with Gasteiger partial charge in [0.25, 0.3) is 0 Å². The van der Waals surface area contributed by atoms with Gasteiger partial charge in [-0.15, -0.1) is 0 Å². The number of alkyl halides is 1. The molecule has 0 spiro atoms. The average Bonchev–Trinajstić information content (AvgIpc) is 2.47. The fraction of sp³-hybridized carbons (Fsp3) is 0.235. The Morgan fingerprint density at radius 1 is 1.32 bits per heavy atom. The summed E-state index contributed by atoms with van der Waals surface area (Å²) in [4.78, 5) is 4.38. The molecule has 116 valence electrons. The highest BCUT2D eigenvalue weighted by molar-refractivity contribution is 7.94. The number of benzene rings is 1. The number of halogens is 1. The van der Waals surface area contributed by atoms with Crippen LogP contribution in [-0.2, 0) is 15.6 Å². The molecule has 2 rings (SSSR count). The first-order valence-corrected chi connectivity index (χ1v) is 8.63. The number of para-hydroxylation sites is 1. The summed E-state index contributed by atoms with van der Waals surface area (Å²) >= 11 is 0. The van der Waals surface area contributed by atoms with Gasteiger partial charge in [-0.2, -0.15) is 0 Å². The van der Waals surface area contributed by atoms with Gasteiger partial charge in [0.05, 0.1) is 16.2 Å². The van der Waals surface area contributed by atoms with Gasteiger partial charge in [-0.1, -0.05) is 30.3 Å². The predicted octanol–water partition coefficient (Wildman–Crippen LogP) is 3.97. The number of hydrogen-bond donors (Lipinski definition) is 0. The van der Waals surface area contributed by atoms with Crippen molar-refractivity contribution >= 4 is 20.7 Å². The van der Waals surface area contributed by atoms with Crippen molar-refractivity contribution in [2.45, 2.75) is 25.8 Å². The number of nitrogens with zero attached hydrogens (tertiary/aromatic N) is 1. The Hall–Kier alpha value is -2.01. The topological polar surface area (TPSA) is 47.0 Å². The highest BCUT2D eigenvalue weighted by Gasteiger charge is 2.17. The first kappa shape index (κ1) is 16.4. The summed E-state index contributed by atoms with van der Waals surface area (Å²) in [5.41, 5.74) is 1.31. The highest BCUT2D eigenvalue weighted by atomic mass is 32.2. The fourth-order valence-electron chi connectivity index (χ4n) is 2.18. The third kappa shape index (κ3) is 3.80. The monoisotopic (exact) mass is 319 g/mol. The van der Waals surface area contributed by atoms with Gasteiger partial charge in [0.15, 0.2) is 9.84 Å². The number of fused-ring (bicyclic) bond motifs is 1. The highest BCUT2D eigenvalue weighted by Crippen LogP contribution is 2.22. The van der Waals surface area contributed by atoms with Crippen molar-refractivity contribution in [3.05, 3.63) is 65.2 Å². The molecule has 0 fully saturated rings. The Labute approximate surface area is 130 Å². The largest absolute Gasteiger partial charge is 0.256 e. The van der Waals surface area contributed by atoms with Crippen molar-refractivity contribution in [3.63, 3.8) is 0 Å². The average molecular weight is 319 g/mol. The van der Waals surface area contributed by atoms with Gasteiger partial charge in [0.1, 0.15) is 6.17 Å². The molecule has 0 aliphatic rings. The summed E-state index contributed by atoms with van der Waals surface area (Å²) < 4.78 is 37.9. The zero-order valence-corrected chi connectivity index (χ0v) is 13.3. The van der Waals surface area contributed by atoms with Crippen LogP contribution in [0.2, 0.25) is 0 Å². The van der Waals surface area contributed by atoms with E-state index in [4.69, 9.17) is 0 Å². The molecule has 0 N–H and O–H groups in total. The molecule has 0 aliphatic heterocycles. The lowest BCUT2D eigenvalue weighted by Gasteiger charge is -2.08. The Balaban J connectivity index is 2.39. The smallest absolute Gasteiger partial charge is 0.182 e. The van der Waals surface area contributed by atoms with Crippen LogP contribution in [0, 0.1) is 0 Å². The maximum atomic E-state index is 12.9. The van der Waals surface area contributed by atoms with Crippen LogP contribution in [0.3, 0.4) is 0 Å². The summed E-state index contributed by atoms with van der Waals surface area (Å²) in [5.74, 6) is -0.161. The summed E-state index contributed by atoms with van der Waals surface area (Å²) in [7, 11) is -3.54. The maximum absolute atomic E-state index is 12.9. The van der Waals surface area contributed by atoms with Crippen LogP contribution in [0.4, 0.5) is 4.39 Å². The maximum Gasteiger partial charge on any atom is 0.182 e. The van der Waals surface area contributed by atoms with E-state index in [1.807, 2.05) is 24.3 Å². The summed E-state index contributed by atoms with van der Waals surface area (Å²) in [6.07, 6.45) is 4.48. The van der Waals surface area contributed by atoms with E-state index in [1.165, 1.54) is 25.2 Å². The summed E-state index contributed by atoms with van der Waals surface area (Å²) in [6, 6.07) is 9.15. The Kier molecular flexibility index (Phi) is 5.08. The van der Waals surface area contributed by atoms with Crippen molar-refractivity contribution in [2.24, 2.45) is 0 Å². The minimum atomic E-state index is -3.54. The molecular formula is C17H18FNO2S. The molecule has 0 amide bonds. The third-order valence-electron chi connectivity index (χ3n) is 3.23. The second-order valence-electron chi connectivity index (χ2n) is 4.98. The molecule has 2 aromatic rings. The van der Waals surface area contributed by atoms with Gasteiger partial charge in [-0.3, -0.25) is 4.98 Å². The zero-order chi connectivity index (χ0) is 16.2. The van der Waals surface area contributed by atoms with Gasteiger partial charge >= 0.3 is 0 Å². The number of rotatable bonds is 5. The number of aromatic nitrogens is 1. The molecule has 22 heavy (non-hydrogen) atoms. The summed E-state index contributed by atoms with van der Waals surface area (Å²) in [5, 5.41) is 0.894. The molecule has 0 saturated heterocycles. The molecular weight excluding hydrogens is 301 g/mol. The Morgan fingerprint density at radius 2 is 2.05 bits per heavy atom. The minimum Gasteiger partial charge on any atom is -0.256 e. The van der Waals surface area contributed by atoms with Crippen LogP contribution in [0.25, 0.3) is 10.9 Å². The lowest BCUT2D eigenvalue weighted by molar-refractivity contribution is 0.430. The molecule has 3 nitrogen and oxygen atoms in total. The van der Waals surface area contributed by atoms with Crippen LogP contribution >= 0.6 is 0 Å². The first-order chi connectivity index (χ1) is 10.4. The van der Waals surface area contributed by atoms with Crippen LogP contribution in [0.15, 0.2) is 59.7 Å². The van der Waals surface area contributed by atoms with Gasteiger partial charge < -0.3 is 0 Å². The van der Waals surface area contributed by atoms with Crippen molar-refractivity contribution in [3.8, 4) is 0 Å². The molecule has 1 atom stereocenters. The van der Waals surface area contributed by atoms with Crippen molar-refractivity contribution in [1.29, 1.82) is 0 Å². The van der Waals surface area contributed by atoms with E-state index in [2.05, 4.69) is 4.98 Å². The van der Waals surface area contributed by atoms with Crippen molar-refractivity contribution in [2.75, 3.05) is 0 Å². The second kappa shape index (κ2) is 6.83. The van der Waals surface area contributed by atoms with E-state index in [0.717, 1.165) is 5.39 Å². The van der Waals surface area contributed by atoms with Crippen LogP contribution in [0.1, 0.15) is 19.4 Å². The van der Waals surface area contributed by atoms with E-state index in [9.17, 15) is 12.8 Å². The lowest BCUT2D eigenvalue weighted by atomic mass is 10.1. The van der Waals surface area contributed by atoms with Crippen LogP contribution in [-0.4, -0.2) is 19.6 Å². The zero-order valence-electron chi connectivity index (χ0n) is 12.5. The van der Waals surface area contributed by atoms with E-state index < -0.39 is 16.0 Å². The number of allylic oxidation sites excluding steroid dienone is 3. The van der Waals surface area contributed by atoms with Gasteiger partial charge in [0.2, 0.25) is 0 Å². The normalized spacial score (nSPS) is 14.6. The van der Waals surface area contributed by atoms with E-state index in [1.54, 1.807) is 19.2 Å². The SMILES string of the molecule is CC=C(C=CC(C)F)S(=O)(=O)Cc1cccc2cccnc12. The Bertz CT molecular complexity index is 818. The molecule has 0 aliphatic carbocycles. The van der Waals surface area contributed by atoms with Crippen LogP contribution < -0.4 is 0 Å². The molecule has 1 aromatic heterocycles. The molecule has 5 heteroatoms. The second-order valence-corrected chi connectivity index (χ2v) is 6.97. The third-order valence-corrected chi connectivity index (χ3v) is 5.01. The van der Waals surface area contributed by atoms with Gasteiger partial charge in [-0.05, 0) is 37.6 Å². The molecule has 0 radical (unpaired) electrons. The van der Waals surface area contributed by atoms with E-state index in [-0.39, 0.29) is 10.7 Å². The molecule has 1 unspecified atom stereocenters. The number of sulfone groups is 1. The summed E-state index contributed by atoms with van der Waals surface area (Å²) in [6.45, 7) is 2.98. The standard InChI is InChI=1S/C17H18FNO2S/c1-3-16(10-9-13(2)18)22(20,21)12-15-7-4-6-14-8-5-11-19-17(14)15/h3-11,13H,12H2,1-2H3.